The van der Waals surface area contributed by atoms with Crippen molar-refractivity contribution in [3.8, 4) is 0 Å². The van der Waals surface area contributed by atoms with E-state index < -0.39 is 44.4 Å². The molecule has 0 amide bonds. The van der Waals surface area contributed by atoms with Gasteiger partial charge in [-0.2, -0.15) is 0 Å². The van der Waals surface area contributed by atoms with Gasteiger partial charge in [-0.15, -0.1) is 0 Å². The number of ether oxygens (including phenoxy) is 10. The van der Waals surface area contributed by atoms with Gasteiger partial charge in [-0.3, -0.25) is 9.59 Å². The summed E-state index contributed by atoms with van der Waals surface area (Å²) >= 11 is 0. The molecular formula is C70H116O12. The number of rotatable bonds is 22. The molecule has 16 saturated carbocycles. The third-order valence-electron chi connectivity index (χ3n) is 24.5. The summed E-state index contributed by atoms with van der Waals surface area (Å²) in [6, 6.07) is 0. The van der Waals surface area contributed by atoms with Gasteiger partial charge in [-0.1, -0.05) is 55.4 Å². The molecule has 16 bridgehead atoms. The first-order valence-electron chi connectivity index (χ1n) is 33.6. The first-order chi connectivity index (χ1) is 38.3. The first kappa shape index (κ1) is 62.2. The third-order valence-corrected chi connectivity index (χ3v) is 24.5. The smallest absolute Gasteiger partial charge is 0.312 e. The minimum absolute atomic E-state index is 0.0593. The predicted octanol–water partition coefficient (Wildman–Crippen LogP) is 15.6. The Hall–Kier alpha value is -1.38. The van der Waals surface area contributed by atoms with Crippen molar-refractivity contribution in [3.63, 3.8) is 0 Å². The highest BCUT2D eigenvalue weighted by Gasteiger charge is 2.71. The van der Waals surface area contributed by atoms with Crippen LogP contribution in [-0.4, -0.2) is 99.1 Å². The molecule has 0 spiro atoms. The second-order valence-corrected chi connectivity index (χ2v) is 35.4. The van der Waals surface area contributed by atoms with Crippen LogP contribution in [0.25, 0.3) is 0 Å². The van der Waals surface area contributed by atoms with Gasteiger partial charge in [-0.05, 0) is 214 Å². The third kappa shape index (κ3) is 12.3. The van der Waals surface area contributed by atoms with Gasteiger partial charge >= 0.3 is 11.9 Å². The van der Waals surface area contributed by atoms with Crippen LogP contribution in [0.2, 0.25) is 0 Å². The second-order valence-electron chi connectivity index (χ2n) is 35.4. The molecule has 0 heterocycles. The fourth-order valence-electron chi connectivity index (χ4n) is 22.2. The summed E-state index contributed by atoms with van der Waals surface area (Å²) in [7, 11) is 7.24. The zero-order valence-corrected chi connectivity index (χ0v) is 54.6. The minimum Gasteiger partial charge on any atom is -0.458 e. The van der Waals surface area contributed by atoms with E-state index in [-0.39, 0.29) is 58.8 Å². The average Bonchev–Trinajstić information content (AvgIpc) is 1.10. The molecule has 16 rings (SSSR count). The number of esters is 2. The van der Waals surface area contributed by atoms with E-state index >= 15 is 0 Å². The van der Waals surface area contributed by atoms with Crippen molar-refractivity contribution in [1.29, 1.82) is 0 Å². The van der Waals surface area contributed by atoms with Gasteiger partial charge in [0.15, 0.2) is 25.2 Å². The number of hydrogen-bond acceptors (Lipinski definition) is 12. The molecule has 0 aromatic rings. The maximum absolute atomic E-state index is 13.9. The standard InChI is InChI=1S/C40H62O6.C30H54O6/c1-6-35(2,3)32(41)44-38-19-31-20-39(22-38,45-33(42-4)36-13-25-7-26(14-36)9-27(8-25)15-36)24-40(21-31,23-38)46-34(43-5)37-16-28-10-29(17-37)12-30(11-28)18-37;1-12-27(8,9)24(31)36-30-15-21-13-28(19-30,34-22(32-10)16-25(2,3)4)18-29(14-21,20-30)35-23(33-11)17-26(5,6)7/h25-31,33-34H,6-24H2,1-5H3;21-23H,12-20H2,1-11H3. The van der Waals surface area contributed by atoms with Crippen molar-refractivity contribution in [2.75, 3.05) is 28.4 Å². The lowest BCUT2D eigenvalue weighted by molar-refractivity contribution is -0.367. The highest BCUT2D eigenvalue weighted by molar-refractivity contribution is 5.77. The SMILES string of the molecule is CCC(C)(C)C(=O)OC12CC3CC(OC(CC(C)(C)C)OC)(C1)CC(OC(CC(C)(C)C)OC)(C3)C2.CCC(C)(C)C(=O)OC12CC3CC(OC(OC)C45CC6CC(CC(C6)C4)C5)(C1)CC(OC(OC)C14CC5CC(CC(C5)C1)C4)(C3)C2. The summed E-state index contributed by atoms with van der Waals surface area (Å²) in [4.78, 5) is 27.2. The maximum atomic E-state index is 13.9. The van der Waals surface area contributed by atoms with Gasteiger partial charge in [0, 0.05) is 90.6 Å². The molecule has 0 N–H and O–H groups in total. The summed E-state index contributed by atoms with van der Waals surface area (Å²) in [5.41, 5.74) is -3.45. The van der Waals surface area contributed by atoms with Gasteiger partial charge in [-0.25, -0.2) is 0 Å². The number of carbonyl (C=O) groups is 2. The van der Waals surface area contributed by atoms with Crippen LogP contribution in [0.1, 0.15) is 263 Å². The van der Waals surface area contributed by atoms with E-state index in [1.807, 2.05) is 48.8 Å². The Labute approximate surface area is 496 Å². The summed E-state index contributed by atoms with van der Waals surface area (Å²) in [5, 5.41) is 0. The van der Waals surface area contributed by atoms with Crippen molar-refractivity contribution >= 4 is 11.9 Å². The normalized spacial score (nSPS) is 44.3. The molecule has 16 aliphatic carbocycles. The van der Waals surface area contributed by atoms with E-state index in [0.717, 1.165) is 125 Å². The van der Waals surface area contributed by atoms with Crippen molar-refractivity contribution in [3.05, 3.63) is 0 Å². The lowest BCUT2D eigenvalue weighted by atomic mass is 9.48. The lowest BCUT2D eigenvalue weighted by Crippen LogP contribution is -2.71. The van der Waals surface area contributed by atoms with Crippen LogP contribution in [0.3, 0.4) is 0 Å². The van der Waals surface area contributed by atoms with Crippen molar-refractivity contribution in [2.45, 2.75) is 322 Å². The Morgan fingerprint density at radius 3 is 0.866 bits per heavy atom. The molecule has 0 radical (unpaired) electrons. The Bertz CT molecular complexity index is 2120. The lowest BCUT2D eigenvalue weighted by Gasteiger charge is -2.67. The van der Waals surface area contributed by atoms with Gasteiger partial charge in [0.2, 0.25) is 0 Å². The van der Waals surface area contributed by atoms with Gasteiger partial charge in [0.05, 0.1) is 33.2 Å². The summed E-state index contributed by atoms with van der Waals surface area (Å²) in [6.45, 7) is 25.4. The number of carbonyl (C=O) groups excluding carboxylic acids is 2. The highest BCUT2D eigenvalue weighted by Crippen LogP contribution is 2.70. The molecule has 12 heteroatoms. The van der Waals surface area contributed by atoms with Crippen LogP contribution < -0.4 is 0 Å². The van der Waals surface area contributed by atoms with Crippen molar-refractivity contribution < 1.29 is 57.0 Å². The van der Waals surface area contributed by atoms with Crippen LogP contribution in [0, 0.1) is 79.8 Å². The van der Waals surface area contributed by atoms with Crippen LogP contribution in [0.4, 0.5) is 0 Å². The Balaban J connectivity index is 0.000000178. The molecule has 8 atom stereocenters. The Kier molecular flexibility index (Phi) is 16.5. The molecule has 12 nitrogen and oxygen atoms in total. The fourth-order valence-corrected chi connectivity index (χ4v) is 22.2. The average molecular weight is 1150 g/mol. The zero-order valence-electron chi connectivity index (χ0n) is 54.6. The Morgan fingerprint density at radius 1 is 0.366 bits per heavy atom. The molecule has 8 unspecified atom stereocenters. The second kappa shape index (κ2) is 21.7. The number of methoxy groups -OCH3 is 4. The summed E-state index contributed by atoms with van der Waals surface area (Å²) < 4.78 is 66.9. The summed E-state index contributed by atoms with van der Waals surface area (Å²) in [6.07, 6.45) is 28.4. The first-order valence-corrected chi connectivity index (χ1v) is 33.6. The fraction of sp³-hybridized carbons (Fsp3) is 0.971. The minimum atomic E-state index is -0.580. The molecule has 16 fully saturated rings. The van der Waals surface area contributed by atoms with Gasteiger partial charge in [0.25, 0.3) is 0 Å². The van der Waals surface area contributed by atoms with E-state index in [9.17, 15) is 9.59 Å². The molecule has 0 aliphatic heterocycles. The number of hydrogen-bond donors (Lipinski definition) is 0. The predicted molar refractivity (Wildman–Crippen MR) is 316 cm³/mol. The van der Waals surface area contributed by atoms with E-state index in [4.69, 9.17) is 47.4 Å². The van der Waals surface area contributed by atoms with Crippen molar-refractivity contribution in [2.24, 2.45) is 79.8 Å². The van der Waals surface area contributed by atoms with Crippen LogP contribution in [0.5, 0.6) is 0 Å². The molecule has 0 saturated heterocycles. The van der Waals surface area contributed by atoms with E-state index in [2.05, 4.69) is 48.5 Å². The quantitative estimate of drug-likeness (QED) is 0.0756. The van der Waals surface area contributed by atoms with Crippen LogP contribution in [0.15, 0.2) is 0 Å². The highest BCUT2D eigenvalue weighted by atomic mass is 16.7. The Morgan fingerprint density at radius 2 is 0.622 bits per heavy atom. The topological polar surface area (TPSA) is 126 Å². The molecule has 0 aromatic heterocycles. The zero-order chi connectivity index (χ0) is 59.0. The summed E-state index contributed by atoms with van der Waals surface area (Å²) in [5.74, 6) is 5.64. The molecular weight excluding hydrogens is 1030 g/mol. The van der Waals surface area contributed by atoms with E-state index in [0.29, 0.717) is 24.7 Å². The monoisotopic (exact) mass is 1150 g/mol. The van der Waals surface area contributed by atoms with Crippen molar-refractivity contribution in [1.82, 2.24) is 0 Å². The molecule has 82 heavy (non-hydrogen) atoms. The van der Waals surface area contributed by atoms with E-state index in [1.165, 1.54) is 77.0 Å². The van der Waals surface area contributed by atoms with Crippen LogP contribution in [-0.2, 0) is 57.0 Å². The van der Waals surface area contributed by atoms with Gasteiger partial charge in [0.1, 0.15) is 11.2 Å². The molecule has 16 aliphatic rings. The molecule has 0 aromatic carbocycles. The van der Waals surface area contributed by atoms with Crippen LogP contribution >= 0.6 is 0 Å². The maximum Gasteiger partial charge on any atom is 0.312 e. The van der Waals surface area contributed by atoms with E-state index in [1.54, 1.807) is 14.2 Å². The molecule has 468 valence electrons. The van der Waals surface area contributed by atoms with Gasteiger partial charge < -0.3 is 47.4 Å². The largest absolute Gasteiger partial charge is 0.458 e.